The van der Waals surface area contributed by atoms with Gasteiger partial charge in [0.15, 0.2) is 0 Å². The number of hydrogen-bond donors (Lipinski definition) is 0. The third-order valence-corrected chi connectivity index (χ3v) is 3.13. The van der Waals surface area contributed by atoms with Crippen molar-refractivity contribution >= 4 is 5.97 Å². The van der Waals surface area contributed by atoms with Crippen molar-refractivity contribution < 1.29 is 14.3 Å². The van der Waals surface area contributed by atoms with E-state index in [0.29, 0.717) is 30.7 Å². The summed E-state index contributed by atoms with van der Waals surface area (Å²) in [6, 6.07) is 0. The summed E-state index contributed by atoms with van der Waals surface area (Å²) in [5.41, 5.74) is 0. The summed E-state index contributed by atoms with van der Waals surface area (Å²) < 4.78 is 10.5. The first-order valence-electron chi connectivity index (χ1n) is 4.95. The third-order valence-electron chi connectivity index (χ3n) is 3.13. The van der Waals surface area contributed by atoms with E-state index in [-0.39, 0.29) is 5.97 Å². The molecule has 2 rings (SSSR count). The van der Waals surface area contributed by atoms with Gasteiger partial charge in [0.2, 0.25) is 0 Å². The molecule has 0 aromatic rings. The summed E-state index contributed by atoms with van der Waals surface area (Å²) in [6.07, 6.45) is 3.19. The maximum Gasteiger partial charge on any atom is 0.302 e. The fourth-order valence-corrected chi connectivity index (χ4v) is 2.14. The molecular formula is C10H16O3. The second-order valence-corrected chi connectivity index (χ2v) is 4.22. The minimum Gasteiger partial charge on any atom is -0.466 e. The number of fused-ring (bicyclic) bond motifs is 1. The van der Waals surface area contributed by atoms with E-state index < -0.39 is 0 Å². The Kier molecular flexibility index (Phi) is 2.28. The minimum atomic E-state index is -0.175. The van der Waals surface area contributed by atoms with E-state index in [1.807, 2.05) is 0 Å². The standard InChI is InChI=1S/C10H16O3/c1-6-3-9-10(13-9)4-8(6)5-12-7(2)11/h6,8-10H,3-5H2,1-2H3/t6-,8-,9-,10-/m0/s1. The van der Waals surface area contributed by atoms with Gasteiger partial charge >= 0.3 is 5.97 Å². The van der Waals surface area contributed by atoms with E-state index in [0.717, 1.165) is 12.8 Å². The van der Waals surface area contributed by atoms with Gasteiger partial charge in [-0.1, -0.05) is 6.92 Å². The SMILES string of the molecule is CC(=O)OC[C@@H]1C[C@@H]2O[C@H]2C[C@@H]1C. The lowest BCUT2D eigenvalue weighted by atomic mass is 9.81. The number of ether oxygens (including phenoxy) is 2. The summed E-state index contributed by atoms with van der Waals surface area (Å²) in [6.45, 7) is 4.25. The Balaban J connectivity index is 1.80. The maximum absolute atomic E-state index is 10.6. The Hall–Kier alpha value is -0.570. The van der Waals surface area contributed by atoms with Crippen molar-refractivity contribution in [2.45, 2.75) is 38.9 Å². The van der Waals surface area contributed by atoms with Crippen LogP contribution in [0.4, 0.5) is 0 Å². The predicted molar refractivity (Wildman–Crippen MR) is 47.2 cm³/mol. The molecule has 0 amide bonds. The summed E-state index contributed by atoms with van der Waals surface area (Å²) in [5.74, 6) is 0.960. The molecule has 3 nitrogen and oxygen atoms in total. The van der Waals surface area contributed by atoms with E-state index in [2.05, 4.69) is 6.92 Å². The quantitative estimate of drug-likeness (QED) is 0.480. The molecule has 13 heavy (non-hydrogen) atoms. The fraction of sp³-hybridized carbons (Fsp3) is 0.900. The molecule has 1 aliphatic carbocycles. The van der Waals surface area contributed by atoms with Gasteiger partial charge in [0.25, 0.3) is 0 Å². The van der Waals surface area contributed by atoms with Crippen molar-refractivity contribution in [2.75, 3.05) is 6.61 Å². The third kappa shape index (κ3) is 2.02. The molecule has 4 atom stereocenters. The molecule has 0 unspecified atom stereocenters. The van der Waals surface area contributed by atoms with Crippen LogP contribution in [-0.2, 0) is 14.3 Å². The van der Waals surface area contributed by atoms with Crippen LogP contribution < -0.4 is 0 Å². The molecule has 0 bridgehead atoms. The molecule has 0 spiro atoms. The van der Waals surface area contributed by atoms with Crippen LogP contribution in [0.3, 0.4) is 0 Å². The highest BCUT2D eigenvalue weighted by molar-refractivity contribution is 5.65. The average molecular weight is 184 g/mol. The normalized spacial score (nSPS) is 42.3. The molecule has 3 heteroatoms. The lowest BCUT2D eigenvalue weighted by Gasteiger charge is -2.25. The van der Waals surface area contributed by atoms with E-state index in [9.17, 15) is 4.79 Å². The molecule has 0 aromatic heterocycles. The van der Waals surface area contributed by atoms with Crippen molar-refractivity contribution in [3.63, 3.8) is 0 Å². The van der Waals surface area contributed by atoms with Crippen molar-refractivity contribution in [3.05, 3.63) is 0 Å². The van der Waals surface area contributed by atoms with Crippen LogP contribution >= 0.6 is 0 Å². The lowest BCUT2D eigenvalue weighted by Crippen LogP contribution is -2.26. The number of esters is 1. The van der Waals surface area contributed by atoms with Crippen LogP contribution in [0.1, 0.15) is 26.7 Å². The minimum absolute atomic E-state index is 0.175. The van der Waals surface area contributed by atoms with Crippen molar-refractivity contribution in [2.24, 2.45) is 11.8 Å². The number of epoxide rings is 1. The van der Waals surface area contributed by atoms with Crippen LogP contribution in [0.25, 0.3) is 0 Å². The van der Waals surface area contributed by atoms with E-state index in [4.69, 9.17) is 9.47 Å². The van der Waals surface area contributed by atoms with Gasteiger partial charge in [-0.25, -0.2) is 0 Å². The first-order valence-corrected chi connectivity index (χ1v) is 4.95. The van der Waals surface area contributed by atoms with Crippen molar-refractivity contribution in [1.29, 1.82) is 0 Å². The smallest absolute Gasteiger partial charge is 0.302 e. The second kappa shape index (κ2) is 3.29. The highest BCUT2D eigenvalue weighted by atomic mass is 16.6. The van der Waals surface area contributed by atoms with Crippen LogP contribution in [0, 0.1) is 11.8 Å². The monoisotopic (exact) mass is 184 g/mol. The highest BCUT2D eigenvalue weighted by Crippen LogP contribution is 2.42. The molecule has 2 fully saturated rings. The summed E-state index contributed by atoms with van der Waals surface area (Å²) >= 11 is 0. The van der Waals surface area contributed by atoms with Gasteiger partial charge in [-0.15, -0.1) is 0 Å². The number of rotatable bonds is 2. The van der Waals surface area contributed by atoms with Gasteiger partial charge in [0.05, 0.1) is 18.8 Å². The highest BCUT2D eigenvalue weighted by Gasteiger charge is 2.46. The lowest BCUT2D eigenvalue weighted by molar-refractivity contribution is -0.143. The molecule has 0 N–H and O–H groups in total. The van der Waals surface area contributed by atoms with Gasteiger partial charge in [0, 0.05) is 6.92 Å². The summed E-state index contributed by atoms with van der Waals surface area (Å²) in [4.78, 5) is 10.6. The number of hydrogen-bond acceptors (Lipinski definition) is 3. The zero-order valence-corrected chi connectivity index (χ0v) is 8.16. The number of carbonyl (C=O) groups is 1. The Morgan fingerprint density at radius 2 is 2.15 bits per heavy atom. The molecule has 0 aromatic carbocycles. The van der Waals surface area contributed by atoms with Gasteiger partial charge in [-0.3, -0.25) is 4.79 Å². The van der Waals surface area contributed by atoms with Crippen molar-refractivity contribution in [3.8, 4) is 0 Å². The predicted octanol–water partition coefficient (Wildman–Crippen LogP) is 1.36. The summed E-state index contributed by atoms with van der Waals surface area (Å²) in [5, 5.41) is 0. The second-order valence-electron chi connectivity index (χ2n) is 4.22. The summed E-state index contributed by atoms with van der Waals surface area (Å²) in [7, 11) is 0. The zero-order chi connectivity index (χ0) is 9.42. The first kappa shape index (κ1) is 9.00. The van der Waals surface area contributed by atoms with Crippen LogP contribution in [0.2, 0.25) is 0 Å². The van der Waals surface area contributed by atoms with Gasteiger partial charge in [-0.2, -0.15) is 0 Å². The van der Waals surface area contributed by atoms with Crippen LogP contribution in [-0.4, -0.2) is 24.8 Å². The average Bonchev–Trinajstić information content (AvgIpc) is 2.77. The number of carbonyl (C=O) groups excluding carboxylic acids is 1. The van der Waals surface area contributed by atoms with Crippen LogP contribution in [0.5, 0.6) is 0 Å². The van der Waals surface area contributed by atoms with E-state index in [1.165, 1.54) is 6.92 Å². The molecule has 1 heterocycles. The van der Waals surface area contributed by atoms with Gasteiger partial charge < -0.3 is 9.47 Å². The molecule has 1 aliphatic heterocycles. The van der Waals surface area contributed by atoms with E-state index >= 15 is 0 Å². The fourth-order valence-electron chi connectivity index (χ4n) is 2.14. The van der Waals surface area contributed by atoms with Crippen LogP contribution in [0.15, 0.2) is 0 Å². The maximum atomic E-state index is 10.6. The first-order chi connectivity index (χ1) is 6.16. The zero-order valence-electron chi connectivity index (χ0n) is 8.16. The molecule has 1 saturated carbocycles. The largest absolute Gasteiger partial charge is 0.466 e. The molecule has 1 saturated heterocycles. The molecule has 74 valence electrons. The molecule has 2 aliphatic rings. The van der Waals surface area contributed by atoms with Gasteiger partial charge in [-0.05, 0) is 24.7 Å². The van der Waals surface area contributed by atoms with E-state index in [1.54, 1.807) is 0 Å². The Morgan fingerprint density at radius 1 is 1.46 bits per heavy atom. The Bertz CT molecular complexity index is 214. The molecular weight excluding hydrogens is 168 g/mol. The van der Waals surface area contributed by atoms with Crippen molar-refractivity contribution in [1.82, 2.24) is 0 Å². The Morgan fingerprint density at radius 3 is 2.85 bits per heavy atom. The molecule has 0 radical (unpaired) electrons. The Labute approximate surface area is 78.4 Å². The topological polar surface area (TPSA) is 38.8 Å². The van der Waals surface area contributed by atoms with Gasteiger partial charge in [0.1, 0.15) is 0 Å².